The van der Waals surface area contributed by atoms with Gasteiger partial charge in [0.15, 0.2) is 0 Å². The van der Waals surface area contributed by atoms with Crippen LogP contribution in [0.4, 0.5) is 5.69 Å². The Kier molecular flexibility index (Phi) is 6.34. The first-order valence-corrected chi connectivity index (χ1v) is 9.44. The molecule has 0 saturated heterocycles. The van der Waals surface area contributed by atoms with Crippen molar-refractivity contribution in [2.24, 2.45) is 0 Å². The lowest BCUT2D eigenvalue weighted by Gasteiger charge is -2.14. The van der Waals surface area contributed by atoms with Crippen molar-refractivity contribution in [3.05, 3.63) is 53.1 Å². The number of aryl methyl sites for hydroxylation is 1. The van der Waals surface area contributed by atoms with Crippen molar-refractivity contribution < 1.29 is 17.9 Å². The Hall–Kier alpha value is -1.92. The van der Waals surface area contributed by atoms with E-state index in [1.165, 1.54) is 26.4 Å². The highest BCUT2D eigenvalue weighted by molar-refractivity contribution is 7.92. The van der Waals surface area contributed by atoms with Crippen LogP contribution in [0.25, 0.3) is 0 Å². The van der Waals surface area contributed by atoms with Crippen LogP contribution in [0.1, 0.15) is 12.0 Å². The normalized spacial score (nSPS) is 11.1. The SMILES string of the molecule is COc1cc(NS(=O)(=O)CCCc2ccccc2)c(OC)cc1Cl. The molecule has 130 valence electrons. The lowest BCUT2D eigenvalue weighted by atomic mass is 10.1. The molecule has 0 heterocycles. The number of rotatable bonds is 8. The molecule has 2 aromatic carbocycles. The van der Waals surface area contributed by atoms with E-state index < -0.39 is 10.0 Å². The van der Waals surface area contributed by atoms with Crippen molar-refractivity contribution in [2.75, 3.05) is 24.7 Å². The predicted molar refractivity (Wildman–Crippen MR) is 96.7 cm³/mol. The van der Waals surface area contributed by atoms with E-state index in [-0.39, 0.29) is 5.75 Å². The first kappa shape index (κ1) is 18.4. The van der Waals surface area contributed by atoms with Crippen molar-refractivity contribution in [3.8, 4) is 11.5 Å². The molecule has 0 aliphatic carbocycles. The molecule has 5 nitrogen and oxygen atoms in total. The second-order valence-electron chi connectivity index (χ2n) is 5.20. The highest BCUT2D eigenvalue weighted by Crippen LogP contribution is 2.36. The number of ether oxygens (including phenoxy) is 2. The van der Waals surface area contributed by atoms with Gasteiger partial charge in [-0.2, -0.15) is 0 Å². The topological polar surface area (TPSA) is 64.6 Å². The number of anilines is 1. The fourth-order valence-corrected chi connectivity index (χ4v) is 3.62. The maximum atomic E-state index is 12.3. The molecule has 24 heavy (non-hydrogen) atoms. The minimum Gasteiger partial charge on any atom is -0.495 e. The lowest BCUT2D eigenvalue weighted by Crippen LogP contribution is -2.17. The van der Waals surface area contributed by atoms with Crippen LogP contribution in [0.15, 0.2) is 42.5 Å². The summed E-state index contributed by atoms with van der Waals surface area (Å²) >= 11 is 6.02. The Morgan fingerprint density at radius 1 is 1.04 bits per heavy atom. The zero-order chi connectivity index (χ0) is 17.6. The van der Waals surface area contributed by atoms with E-state index in [0.29, 0.717) is 35.1 Å². The van der Waals surface area contributed by atoms with E-state index >= 15 is 0 Å². The Labute approximate surface area is 147 Å². The predicted octanol–water partition coefficient (Wildman–Crippen LogP) is 3.73. The molecule has 0 bridgehead atoms. The molecule has 7 heteroatoms. The molecular formula is C17H20ClNO4S. The van der Waals surface area contributed by atoms with Crippen molar-refractivity contribution >= 4 is 27.3 Å². The fourth-order valence-electron chi connectivity index (χ4n) is 2.27. The number of benzene rings is 2. The van der Waals surface area contributed by atoms with Gasteiger partial charge in [-0.1, -0.05) is 41.9 Å². The molecule has 0 amide bonds. The minimum absolute atomic E-state index is 0.00991. The van der Waals surface area contributed by atoms with Gasteiger partial charge < -0.3 is 9.47 Å². The van der Waals surface area contributed by atoms with Crippen LogP contribution in [-0.4, -0.2) is 28.4 Å². The maximum absolute atomic E-state index is 12.3. The summed E-state index contributed by atoms with van der Waals surface area (Å²) in [4.78, 5) is 0. The first-order valence-electron chi connectivity index (χ1n) is 7.41. The van der Waals surface area contributed by atoms with Crippen LogP contribution >= 0.6 is 11.6 Å². The maximum Gasteiger partial charge on any atom is 0.232 e. The average molecular weight is 370 g/mol. The molecule has 0 saturated carbocycles. The van der Waals surface area contributed by atoms with E-state index in [4.69, 9.17) is 21.1 Å². The summed E-state index contributed by atoms with van der Waals surface area (Å²) < 4.78 is 37.4. The van der Waals surface area contributed by atoms with Gasteiger partial charge in [0.25, 0.3) is 0 Å². The molecule has 0 unspecified atom stereocenters. The second-order valence-corrected chi connectivity index (χ2v) is 7.45. The van der Waals surface area contributed by atoms with E-state index in [9.17, 15) is 8.42 Å². The largest absolute Gasteiger partial charge is 0.495 e. The van der Waals surface area contributed by atoms with Crippen LogP contribution in [0, 0.1) is 0 Å². The van der Waals surface area contributed by atoms with Gasteiger partial charge in [0, 0.05) is 12.1 Å². The summed E-state index contributed by atoms with van der Waals surface area (Å²) in [6, 6.07) is 12.8. The molecule has 0 aliphatic rings. The molecule has 0 aromatic heterocycles. The van der Waals surface area contributed by atoms with Gasteiger partial charge in [-0.15, -0.1) is 0 Å². The van der Waals surface area contributed by atoms with Gasteiger partial charge >= 0.3 is 0 Å². The summed E-state index contributed by atoms with van der Waals surface area (Å²) in [6.45, 7) is 0. The third-order valence-corrected chi connectivity index (χ3v) is 5.11. The third kappa shape index (κ3) is 5.04. The van der Waals surface area contributed by atoms with Gasteiger partial charge in [-0.05, 0) is 18.4 Å². The van der Waals surface area contributed by atoms with Gasteiger partial charge in [0.1, 0.15) is 11.5 Å². The summed E-state index contributed by atoms with van der Waals surface area (Å²) in [6.07, 6.45) is 1.22. The zero-order valence-electron chi connectivity index (χ0n) is 13.6. The van der Waals surface area contributed by atoms with Crippen LogP contribution in [-0.2, 0) is 16.4 Å². The fraction of sp³-hybridized carbons (Fsp3) is 0.294. The summed E-state index contributed by atoms with van der Waals surface area (Å²) in [5.74, 6) is 0.725. The molecular weight excluding hydrogens is 350 g/mol. The lowest BCUT2D eigenvalue weighted by molar-refractivity contribution is 0.405. The smallest absolute Gasteiger partial charge is 0.232 e. The van der Waals surface area contributed by atoms with E-state index in [1.54, 1.807) is 0 Å². The standard InChI is InChI=1S/C17H20ClNO4S/c1-22-16-12-15(17(23-2)11-14(16)18)19-24(20,21)10-6-9-13-7-4-3-5-8-13/h3-5,7-8,11-12,19H,6,9-10H2,1-2H3. The zero-order valence-corrected chi connectivity index (χ0v) is 15.2. The number of nitrogens with one attached hydrogen (secondary N) is 1. The Morgan fingerprint density at radius 2 is 1.71 bits per heavy atom. The molecule has 0 radical (unpaired) electrons. The van der Waals surface area contributed by atoms with E-state index in [0.717, 1.165) is 5.56 Å². The second kappa shape index (κ2) is 8.26. The summed E-state index contributed by atoms with van der Waals surface area (Å²) in [7, 11) is -0.590. The van der Waals surface area contributed by atoms with Gasteiger partial charge in [0.05, 0.1) is 30.7 Å². The van der Waals surface area contributed by atoms with Crippen LogP contribution in [0.3, 0.4) is 0 Å². The highest BCUT2D eigenvalue weighted by Gasteiger charge is 2.16. The van der Waals surface area contributed by atoms with Crippen LogP contribution < -0.4 is 14.2 Å². The molecule has 0 aliphatic heterocycles. The minimum atomic E-state index is -3.50. The Balaban J connectivity index is 2.05. The van der Waals surface area contributed by atoms with Gasteiger partial charge in [-0.25, -0.2) is 8.42 Å². The highest BCUT2D eigenvalue weighted by atomic mass is 35.5. The average Bonchev–Trinajstić information content (AvgIpc) is 2.56. The molecule has 2 rings (SSSR count). The number of halogens is 1. The molecule has 0 atom stereocenters. The monoisotopic (exact) mass is 369 g/mol. The number of hydrogen-bond acceptors (Lipinski definition) is 4. The molecule has 2 aromatic rings. The molecule has 0 spiro atoms. The molecule has 0 fully saturated rings. The number of sulfonamides is 1. The first-order chi connectivity index (χ1) is 11.4. The van der Waals surface area contributed by atoms with Crippen LogP contribution in [0.2, 0.25) is 5.02 Å². The van der Waals surface area contributed by atoms with Gasteiger partial charge in [-0.3, -0.25) is 4.72 Å². The Bertz CT molecular complexity index is 779. The summed E-state index contributed by atoms with van der Waals surface area (Å²) in [5.41, 5.74) is 1.41. The van der Waals surface area contributed by atoms with Crippen molar-refractivity contribution in [1.29, 1.82) is 0 Å². The van der Waals surface area contributed by atoms with Gasteiger partial charge in [0.2, 0.25) is 10.0 Å². The quantitative estimate of drug-likeness (QED) is 0.770. The van der Waals surface area contributed by atoms with Crippen molar-refractivity contribution in [1.82, 2.24) is 0 Å². The number of methoxy groups -OCH3 is 2. The molecule has 1 N–H and O–H groups in total. The summed E-state index contributed by atoms with van der Waals surface area (Å²) in [5, 5.41) is 0.348. The third-order valence-electron chi connectivity index (χ3n) is 3.46. The Morgan fingerprint density at radius 3 is 2.33 bits per heavy atom. The van der Waals surface area contributed by atoms with Crippen molar-refractivity contribution in [2.45, 2.75) is 12.8 Å². The van der Waals surface area contributed by atoms with E-state index in [2.05, 4.69) is 4.72 Å². The number of hydrogen-bond donors (Lipinski definition) is 1. The van der Waals surface area contributed by atoms with E-state index in [1.807, 2.05) is 30.3 Å². The van der Waals surface area contributed by atoms with Crippen molar-refractivity contribution in [3.63, 3.8) is 0 Å². The van der Waals surface area contributed by atoms with Crippen LogP contribution in [0.5, 0.6) is 11.5 Å².